The van der Waals surface area contributed by atoms with Gasteiger partial charge in [-0.1, -0.05) is 24.3 Å². The zero-order chi connectivity index (χ0) is 14.5. The van der Waals surface area contributed by atoms with Crippen molar-refractivity contribution in [2.24, 2.45) is 0 Å². The molecule has 0 aliphatic heterocycles. The average Bonchev–Trinajstić information content (AvgIpc) is 2.85. The molecule has 0 unspecified atom stereocenters. The molecule has 3 aromatic rings. The van der Waals surface area contributed by atoms with E-state index in [1.807, 2.05) is 44.2 Å². The average molecular weight is 266 g/mol. The van der Waals surface area contributed by atoms with Crippen molar-refractivity contribution < 1.29 is 0 Å². The number of allylic oxidation sites excluding steroid dienone is 1. The largest absolute Gasteiger partial charge is 0.369 e. The Balaban J connectivity index is 0.000000452. The molecule has 0 atom stereocenters. The summed E-state index contributed by atoms with van der Waals surface area (Å²) in [5, 5.41) is 1.10. The number of rotatable bonds is 1. The van der Waals surface area contributed by atoms with E-state index in [9.17, 15) is 0 Å². The quantitative estimate of drug-likeness (QED) is 0.660. The number of pyridine rings is 1. The van der Waals surface area contributed by atoms with Crippen molar-refractivity contribution >= 4 is 16.9 Å². The fourth-order valence-corrected chi connectivity index (χ4v) is 2.00. The van der Waals surface area contributed by atoms with Crippen LogP contribution in [0, 0.1) is 6.92 Å². The van der Waals surface area contributed by atoms with Gasteiger partial charge in [0.25, 0.3) is 0 Å². The van der Waals surface area contributed by atoms with E-state index in [4.69, 9.17) is 5.73 Å². The summed E-state index contributed by atoms with van der Waals surface area (Å²) < 4.78 is 0. The number of imidazole rings is 1. The van der Waals surface area contributed by atoms with Crippen LogP contribution in [0.4, 0.5) is 5.95 Å². The van der Waals surface area contributed by atoms with Gasteiger partial charge >= 0.3 is 0 Å². The van der Waals surface area contributed by atoms with E-state index in [0.29, 0.717) is 5.95 Å². The molecule has 102 valence electrons. The van der Waals surface area contributed by atoms with Crippen LogP contribution in [-0.4, -0.2) is 15.0 Å². The maximum atomic E-state index is 5.62. The second-order valence-corrected chi connectivity index (χ2v) is 4.42. The minimum Gasteiger partial charge on any atom is -0.369 e. The molecule has 0 saturated heterocycles. The Bertz CT molecular complexity index is 728. The van der Waals surface area contributed by atoms with E-state index in [1.165, 1.54) is 0 Å². The van der Waals surface area contributed by atoms with Crippen molar-refractivity contribution in [3.05, 3.63) is 54.9 Å². The number of hydrogen-bond acceptors (Lipinski definition) is 3. The van der Waals surface area contributed by atoms with Gasteiger partial charge in [-0.25, -0.2) is 4.98 Å². The minimum absolute atomic E-state index is 0.429. The number of nitrogens with zero attached hydrogens (tertiary/aromatic N) is 2. The van der Waals surface area contributed by atoms with Crippen molar-refractivity contribution in [3.8, 4) is 11.3 Å². The Morgan fingerprint density at radius 1 is 1.30 bits per heavy atom. The number of fused-ring (bicyclic) bond motifs is 1. The Morgan fingerprint density at radius 3 is 2.65 bits per heavy atom. The van der Waals surface area contributed by atoms with Gasteiger partial charge in [0.05, 0.1) is 17.4 Å². The van der Waals surface area contributed by atoms with Gasteiger partial charge in [-0.15, -0.1) is 6.58 Å². The third kappa shape index (κ3) is 2.85. The molecule has 2 aromatic heterocycles. The lowest BCUT2D eigenvalue weighted by Crippen LogP contribution is -1.89. The van der Waals surface area contributed by atoms with Crippen LogP contribution in [0.25, 0.3) is 22.2 Å². The van der Waals surface area contributed by atoms with Gasteiger partial charge in [0.1, 0.15) is 0 Å². The Morgan fingerprint density at radius 2 is 2.00 bits per heavy atom. The second-order valence-electron chi connectivity index (χ2n) is 4.42. The number of nitrogens with two attached hydrogens (primary N) is 1. The van der Waals surface area contributed by atoms with Gasteiger partial charge in [0.2, 0.25) is 0 Å². The number of anilines is 1. The molecule has 0 bridgehead atoms. The molecule has 0 saturated carbocycles. The standard InChI is InChI=1S/C13H12N4.C3H6/c1-8-6-10(12-7-15-13(14)17-12)9-4-2-3-5-11(9)16-8;1-3-2/h2-7H,1H3,(H3,14,15,17);3H,1H2,2H3. The number of nitrogen functional groups attached to an aromatic ring is 1. The lowest BCUT2D eigenvalue weighted by molar-refractivity contribution is 1.25. The molecule has 4 nitrogen and oxygen atoms in total. The summed E-state index contributed by atoms with van der Waals surface area (Å²) in [6.07, 6.45) is 3.50. The number of aryl methyl sites for hydroxylation is 1. The third-order valence-corrected chi connectivity index (χ3v) is 2.73. The van der Waals surface area contributed by atoms with Crippen molar-refractivity contribution in [2.75, 3.05) is 5.73 Å². The van der Waals surface area contributed by atoms with Gasteiger partial charge in [-0.2, -0.15) is 0 Å². The first kappa shape index (κ1) is 13.8. The van der Waals surface area contributed by atoms with Crippen molar-refractivity contribution in [3.63, 3.8) is 0 Å². The van der Waals surface area contributed by atoms with Crippen molar-refractivity contribution in [2.45, 2.75) is 13.8 Å². The molecule has 3 rings (SSSR count). The van der Waals surface area contributed by atoms with Crippen LogP contribution in [0.1, 0.15) is 12.6 Å². The SMILES string of the molecule is C=CC.Cc1cc(-c2cnc(N)[nH]2)c2ccccc2n1. The lowest BCUT2D eigenvalue weighted by Gasteiger charge is -2.05. The van der Waals surface area contributed by atoms with Gasteiger partial charge in [-0.3, -0.25) is 4.98 Å². The first-order valence-electron chi connectivity index (χ1n) is 6.40. The number of H-pyrrole nitrogens is 1. The molecular weight excluding hydrogens is 248 g/mol. The summed E-state index contributed by atoms with van der Waals surface area (Å²) >= 11 is 0. The Hall–Kier alpha value is -2.62. The highest BCUT2D eigenvalue weighted by Crippen LogP contribution is 2.27. The summed E-state index contributed by atoms with van der Waals surface area (Å²) in [5.74, 6) is 0.429. The van der Waals surface area contributed by atoms with Crippen molar-refractivity contribution in [1.29, 1.82) is 0 Å². The van der Waals surface area contributed by atoms with Crippen LogP contribution in [0.5, 0.6) is 0 Å². The molecule has 20 heavy (non-hydrogen) atoms. The van der Waals surface area contributed by atoms with E-state index in [1.54, 1.807) is 12.3 Å². The Labute approximate surface area is 118 Å². The highest BCUT2D eigenvalue weighted by Gasteiger charge is 2.07. The third-order valence-electron chi connectivity index (χ3n) is 2.73. The van der Waals surface area contributed by atoms with Crippen LogP contribution in [0.15, 0.2) is 49.2 Å². The van der Waals surface area contributed by atoms with Crippen LogP contribution in [0.3, 0.4) is 0 Å². The number of benzene rings is 1. The van der Waals surface area contributed by atoms with E-state index >= 15 is 0 Å². The molecule has 0 radical (unpaired) electrons. The van der Waals surface area contributed by atoms with Crippen LogP contribution in [0.2, 0.25) is 0 Å². The molecule has 0 aliphatic carbocycles. The van der Waals surface area contributed by atoms with Gasteiger partial charge in [-0.05, 0) is 26.0 Å². The van der Waals surface area contributed by atoms with Crippen LogP contribution < -0.4 is 5.73 Å². The predicted molar refractivity (Wildman–Crippen MR) is 84.3 cm³/mol. The molecule has 0 spiro atoms. The summed E-state index contributed by atoms with van der Waals surface area (Å²) in [4.78, 5) is 11.6. The summed E-state index contributed by atoms with van der Waals surface area (Å²) in [6.45, 7) is 7.23. The second kappa shape index (κ2) is 6.02. The number of aromatic nitrogens is 3. The van der Waals surface area contributed by atoms with Gasteiger partial charge in [0, 0.05) is 16.6 Å². The van der Waals surface area contributed by atoms with Crippen LogP contribution >= 0.6 is 0 Å². The molecule has 0 amide bonds. The number of para-hydroxylation sites is 1. The van der Waals surface area contributed by atoms with E-state index in [0.717, 1.165) is 27.9 Å². The smallest absolute Gasteiger partial charge is 0.197 e. The monoisotopic (exact) mass is 266 g/mol. The zero-order valence-electron chi connectivity index (χ0n) is 11.7. The summed E-state index contributed by atoms with van der Waals surface area (Å²) in [5.41, 5.74) is 9.58. The molecule has 0 fully saturated rings. The van der Waals surface area contributed by atoms with E-state index in [2.05, 4.69) is 21.5 Å². The number of hydrogen-bond donors (Lipinski definition) is 2. The zero-order valence-corrected chi connectivity index (χ0v) is 11.7. The summed E-state index contributed by atoms with van der Waals surface area (Å²) in [7, 11) is 0. The maximum absolute atomic E-state index is 5.62. The molecule has 4 heteroatoms. The first-order valence-corrected chi connectivity index (χ1v) is 6.40. The predicted octanol–water partition coefficient (Wildman–Crippen LogP) is 3.71. The maximum Gasteiger partial charge on any atom is 0.197 e. The lowest BCUT2D eigenvalue weighted by atomic mass is 10.1. The number of aromatic amines is 1. The molecule has 2 heterocycles. The molecule has 3 N–H and O–H groups in total. The first-order chi connectivity index (χ1) is 9.65. The van der Waals surface area contributed by atoms with Gasteiger partial charge < -0.3 is 10.7 Å². The van der Waals surface area contributed by atoms with Crippen molar-refractivity contribution in [1.82, 2.24) is 15.0 Å². The minimum atomic E-state index is 0.429. The summed E-state index contributed by atoms with van der Waals surface area (Å²) in [6, 6.07) is 10.1. The fourth-order valence-electron chi connectivity index (χ4n) is 2.00. The van der Waals surface area contributed by atoms with Crippen LogP contribution in [-0.2, 0) is 0 Å². The topological polar surface area (TPSA) is 67.6 Å². The van der Waals surface area contributed by atoms with Gasteiger partial charge in [0.15, 0.2) is 5.95 Å². The molecule has 1 aromatic carbocycles. The Kier molecular flexibility index (Phi) is 4.15. The highest BCUT2D eigenvalue weighted by atomic mass is 15.0. The van der Waals surface area contributed by atoms with E-state index < -0.39 is 0 Å². The number of nitrogens with one attached hydrogen (secondary N) is 1. The fraction of sp³-hybridized carbons (Fsp3) is 0.125. The normalized spacial score (nSPS) is 9.90. The molecular formula is C16H18N4. The van der Waals surface area contributed by atoms with E-state index in [-0.39, 0.29) is 0 Å². The molecule has 0 aliphatic rings. The highest BCUT2D eigenvalue weighted by molar-refractivity contribution is 5.93.